The lowest BCUT2D eigenvalue weighted by Crippen LogP contribution is -2.43. The van der Waals surface area contributed by atoms with Crippen LogP contribution in [0.1, 0.15) is 37.4 Å². The van der Waals surface area contributed by atoms with Crippen LogP contribution in [0.2, 0.25) is 0 Å². The standard InChI is InChI=1S/C14H23N5S/c1-3-4-5-8-17-13(15)19-14(20)18-10-12-11(2)7-6-9-16-12/h6-7,9H,3-5,8,10H2,1-2H3,(H4,15,17,18,19,20). The van der Waals surface area contributed by atoms with Gasteiger partial charge in [0.2, 0.25) is 0 Å². The molecule has 0 amide bonds. The number of thiocarbonyl (C=S) groups is 1. The lowest BCUT2D eigenvalue weighted by Gasteiger charge is -2.10. The van der Waals surface area contributed by atoms with E-state index in [4.69, 9.17) is 18.0 Å². The molecule has 1 heterocycles. The number of aliphatic imine (C=N–C) groups is 1. The van der Waals surface area contributed by atoms with Crippen molar-refractivity contribution in [1.29, 1.82) is 0 Å². The Morgan fingerprint density at radius 2 is 2.25 bits per heavy atom. The number of aromatic nitrogens is 1. The summed E-state index contributed by atoms with van der Waals surface area (Å²) in [7, 11) is 0. The Bertz CT molecular complexity index is 459. The van der Waals surface area contributed by atoms with Crippen molar-refractivity contribution in [3.63, 3.8) is 0 Å². The van der Waals surface area contributed by atoms with Crippen molar-refractivity contribution in [2.75, 3.05) is 6.54 Å². The number of nitrogens with one attached hydrogen (secondary N) is 2. The summed E-state index contributed by atoms with van der Waals surface area (Å²) in [6.07, 6.45) is 5.15. The first kappa shape index (κ1) is 16.4. The van der Waals surface area contributed by atoms with E-state index in [9.17, 15) is 0 Å². The second-order valence-electron chi connectivity index (χ2n) is 4.55. The highest BCUT2D eigenvalue weighted by atomic mass is 32.1. The van der Waals surface area contributed by atoms with Gasteiger partial charge < -0.3 is 16.4 Å². The van der Waals surface area contributed by atoms with Gasteiger partial charge in [-0.05, 0) is 37.2 Å². The second kappa shape index (κ2) is 9.25. The summed E-state index contributed by atoms with van der Waals surface area (Å²) in [5, 5.41) is 6.40. The fourth-order valence-corrected chi connectivity index (χ4v) is 1.81. The molecule has 5 nitrogen and oxygen atoms in total. The van der Waals surface area contributed by atoms with E-state index < -0.39 is 0 Å². The van der Waals surface area contributed by atoms with E-state index in [0.717, 1.165) is 24.2 Å². The molecule has 1 aromatic heterocycles. The molecule has 0 aliphatic heterocycles. The molecule has 1 aromatic rings. The molecule has 0 aliphatic carbocycles. The number of nitrogens with two attached hydrogens (primary N) is 1. The third-order valence-electron chi connectivity index (χ3n) is 2.82. The minimum Gasteiger partial charge on any atom is -0.370 e. The van der Waals surface area contributed by atoms with Gasteiger partial charge in [-0.1, -0.05) is 25.8 Å². The number of guanidine groups is 1. The molecule has 110 valence electrons. The van der Waals surface area contributed by atoms with Crippen molar-refractivity contribution < 1.29 is 0 Å². The Balaban J connectivity index is 2.31. The van der Waals surface area contributed by atoms with E-state index in [-0.39, 0.29) is 0 Å². The number of hydrogen-bond acceptors (Lipinski definition) is 3. The van der Waals surface area contributed by atoms with Gasteiger partial charge in [-0.15, -0.1) is 0 Å². The van der Waals surface area contributed by atoms with Crippen LogP contribution in [0.15, 0.2) is 23.3 Å². The Morgan fingerprint density at radius 1 is 1.45 bits per heavy atom. The molecule has 1 rings (SSSR count). The van der Waals surface area contributed by atoms with Gasteiger partial charge >= 0.3 is 0 Å². The first-order valence-electron chi connectivity index (χ1n) is 6.88. The maximum atomic E-state index is 5.75. The molecule has 0 fully saturated rings. The molecule has 0 bridgehead atoms. The molecule has 0 unspecified atom stereocenters. The van der Waals surface area contributed by atoms with Crippen LogP contribution in [0.25, 0.3) is 0 Å². The van der Waals surface area contributed by atoms with E-state index in [1.807, 2.05) is 19.1 Å². The summed E-state index contributed by atoms with van der Waals surface area (Å²) in [6, 6.07) is 3.93. The summed E-state index contributed by atoms with van der Waals surface area (Å²) in [5.74, 6) is 0.358. The lowest BCUT2D eigenvalue weighted by molar-refractivity contribution is 0.726. The molecule has 0 radical (unpaired) electrons. The molecule has 20 heavy (non-hydrogen) atoms. The number of rotatable bonds is 6. The maximum absolute atomic E-state index is 5.75. The van der Waals surface area contributed by atoms with Crippen molar-refractivity contribution in [3.8, 4) is 0 Å². The fraction of sp³-hybridized carbons (Fsp3) is 0.500. The van der Waals surface area contributed by atoms with Crippen molar-refractivity contribution in [3.05, 3.63) is 29.6 Å². The number of pyridine rings is 1. The van der Waals surface area contributed by atoms with E-state index >= 15 is 0 Å². The first-order chi connectivity index (χ1) is 9.63. The molecule has 4 N–H and O–H groups in total. The van der Waals surface area contributed by atoms with Gasteiger partial charge in [-0.25, -0.2) is 0 Å². The van der Waals surface area contributed by atoms with E-state index in [1.165, 1.54) is 12.8 Å². The summed E-state index contributed by atoms with van der Waals surface area (Å²) >= 11 is 5.16. The smallest absolute Gasteiger partial charge is 0.194 e. The molecular weight excluding hydrogens is 270 g/mol. The van der Waals surface area contributed by atoms with Crippen molar-refractivity contribution >= 4 is 23.3 Å². The summed E-state index contributed by atoms with van der Waals surface area (Å²) < 4.78 is 0. The Kier molecular flexibility index (Phi) is 7.57. The summed E-state index contributed by atoms with van der Waals surface area (Å²) in [5.41, 5.74) is 7.85. The van der Waals surface area contributed by atoms with Crippen LogP contribution < -0.4 is 16.4 Å². The van der Waals surface area contributed by atoms with Crippen LogP contribution in [0.4, 0.5) is 0 Å². The molecule has 0 saturated carbocycles. The van der Waals surface area contributed by atoms with Gasteiger partial charge in [0.25, 0.3) is 0 Å². The molecular formula is C14H23N5S. The number of unbranched alkanes of at least 4 members (excludes halogenated alkanes) is 2. The van der Waals surface area contributed by atoms with Crippen LogP contribution in [-0.4, -0.2) is 22.6 Å². The van der Waals surface area contributed by atoms with E-state index in [2.05, 4.69) is 27.5 Å². The number of hydrogen-bond donors (Lipinski definition) is 3. The molecule has 0 atom stereocenters. The highest BCUT2D eigenvalue weighted by molar-refractivity contribution is 7.80. The highest BCUT2D eigenvalue weighted by Gasteiger charge is 2.01. The Morgan fingerprint density at radius 3 is 2.95 bits per heavy atom. The zero-order chi connectivity index (χ0) is 14.8. The molecule has 0 spiro atoms. The summed E-state index contributed by atoms with van der Waals surface area (Å²) in [6.45, 7) is 5.48. The second-order valence-corrected chi connectivity index (χ2v) is 4.96. The monoisotopic (exact) mass is 293 g/mol. The Hall–Kier alpha value is -1.69. The predicted molar refractivity (Wildman–Crippen MR) is 87.6 cm³/mol. The predicted octanol–water partition coefficient (Wildman–Crippen LogP) is 1.86. The van der Waals surface area contributed by atoms with Gasteiger partial charge in [0.1, 0.15) is 0 Å². The van der Waals surface area contributed by atoms with Crippen LogP contribution in [0.3, 0.4) is 0 Å². The van der Waals surface area contributed by atoms with Crippen molar-refractivity contribution in [1.82, 2.24) is 15.6 Å². The van der Waals surface area contributed by atoms with Crippen LogP contribution in [0, 0.1) is 6.92 Å². The van der Waals surface area contributed by atoms with Gasteiger partial charge in [0.15, 0.2) is 11.1 Å². The summed E-state index contributed by atoms with van der Waals surface area (Å²) in [4.78, 5) is 8.50. The van der Waals surface area contributed by atoms with E-state index in [1.54, 1.807) is 6.20 Å². The normalized spacial score (nSPS) is 11.2. The largest absolute Gasteiger partial charge is 0.370 e. The first-order valence-corrected chi connectivity index (χ1v) is 7.29. The molecule has 0 aliphatic rings. The number of aryl methyl sites for hydroxylation is 1. The van der Waals surface area contributed by atoms with Gasteiger partial charge in [-0.2, -0.15) is 0 Å². The fourth-order valence-electron chi connectivity index (χ4n) is 1.63. The van der Waals surface area contributed by atoms with Gasteiger partial charge in [0, 0.05) is 12.7 Å². The average Bonchev–Trinajstić information content (AvgIpc) is 2.43. The van der Waals surface area contributed by atoms with E-state index in [0.29, 0.717) is 17.6 Å². The SMILES string of the molecule is CCCCCN=C(N)NC(=S)NCc1ncccc1C. The van der Waals surface area contributed by atoms with Crippen LogP contribution in [-0.2, 0) is 6.54 Å². The maximum Gasteiger partial charge on any atom is 0.194 e. The number of nitrogens with zero attached hydrogens (tertiary/aromatic N) is 2. The van der Waals surface area contributed by atoms with Gasteiger partial charge in [0.05, 0.1) is 12.2 Å². The minimum absolute atomic E-state index is 0.358. The minimum atomic E-state index is 0.358. The third-order valence-corrected chi connectivity index (χ3v) is 3.07. The highest BCUT2D eigenvalue weighted by Crippen LogP contribution is 2.01. The van der Waals surface area contributed by atoms with Crippen molar-refractivity contribution in [2.24, 2.45) is 10.7 Å². The van der Waals surface area contributed by atoms with Gasteiger partial charge in [-0.3, -0.25) is 9.98 Å². The Labute approximate surface area is 126 Å². The zero-order valence-electron chi connectivity index (χ0n) is 12.1. The van der Waals surface area contributed by atoms with Crippen LogP contribution in [0.5, 0.6) is 0 Å². The topological polar surface area (TPSA) is 75.3 Å². The lowest BCUT2D eigenvalue weighted by atomic mass is 10.2. The van der Waals surface area contributed by atoms with Crippen LogP contribution >= 0.6 is 12.2 Å². The third kappa shape index (κ3) is 6.47. The molecule has 0 saturated heterocycles. The quantitative estimate of drug-likeness (QED) is 0.323. The zero-order valence-corrected chi connectivity index (χ0v) is 13.0. The molecule has 6 heteroatoms. The van der Waals surface area contributed by atoms with Crippen molar-refractivity contribution in [2.45, 2.75) is 39.7 Å². The molecule has 0 aromatic carbocycles. The average molecular weight is 293 g/mol.